The van der Waals surface area contributed by atoms with Gasteiger partial charge in [-0.3, -0.25) is 4.79 Å². The molecule has 0 radical (unpaired) electrons. The number of aromatic nitrogens is 4. The molecule has 6 N–H and O–H groups in total. The third kappa shape index (κ3) is 3.41. The Bertz CT molecular complexity index is 1020. The van der Waals surface area contributed by atoms with Gasteiger partial charge in [-0.1, -0.05) is 12.1 Å². The van der Waals surface area contributed by atoms with Crippen LogP contribution in [0.1, 0.15) is 28.4 Å². The number of amides is 1. The molecule has 1 aliphatic carbocycles. The molecule has 1 aromatic carbocycles. The summed E-state index contributed by atoms with van der Waals surface area (Å²) in [5.41, 5.74) is 8.09. The minimum atomic E-state index is -1.12. The first-order chi connectivity index (χ1) is 14.0. The average Bonchev–Trinajstić information content (AvgIpc) is 3.30. The molecule has 29 heavy (non-hydrogen) atoms. The van der Waals surface area contributed by atoms with Crippen LogP contribution in [0.4, 0.5) is 5.82 Å². The molecule has 4 atom stereocenters. The molecule has 1 fully saturated rings. The molecule has 0 bridgehead atoms. The van der Waals surface area contributed by atoms with Gasteiger partial charge in [0.25, 0.3) is 5.91 Å². The minimum absolute atomic E-state index is 0.319. The Morgan fingerprint density at radius 3 is 2.66 bits per heavy atom. The fourth-order valence-electron chi connectivity index (χ4n) is 3.75. The number of benzene rings is 1. The van der Waals surface area contributed by atoms with Gasteiger partial charge >= 0.3 is 0 Å². The van der Waals surface area contributed by atoms with Gasteiger partial charge < -0.3 is 31.1 Å². The zero-order valence-electron chi connectivity index (χ0n) is 15.9. The highest BCUT2D eigenvalue weighted by molar-refractivity contribution is 5.94. The maximum atomic E-state index is 12.6. The SMILES string of the molecule is CNc1ncnc2c1ncn2[C@H]1C[C@@H](NC(=O)c2ccc(CN)cc2)[C@@H](O)[C@H]1O. The summed E-state index contributed by atoms with van der Waals surface area (Å²) in [6.45, 7) is 0.398. The van der Waals surface area contributed by atoms with Gasteiger partial charge in [0.2, 0.25) is 0 Å². The van der Waals surface area contributed by atoms with E-state index in [0.29, 0.717) is 35.5 Å². The van der Waals surface area contributed by atoms with Gasteiger partial charge in [-0.15, -0.1) is 0 Å². The van der Waals surface area contributed by atoms with E-state index in [9.17, 15) is 15.0 Å². The summed E-state index contributed by atoms with van der Waals surface area (Å²) in [6, 6.07) is 5.85. The van der Waals surface area contributed by atoms with Crippen LogP contribution in [0.15, 0.2) is 36.9 Å². The van der Waals surface area contributed by atoms with Crippen LogP contribution in [-0.4, -0.2) is 60.9 Å². The third-order valence-corrected chi connectivity index (χ3v) is 5.37. The van der Waals surface area contributed by atoms with Crippen molar-refractivity contribution in [2.24, 2.45) is 5.73 Å². The summed E-state index contributed by atoms with van der Waals surface area (Å²) >= 11 is 0. The van der Waals surface area contributed by atoms with Gasteiger partial charge in [0.15, 0.2) is 11.5 Å². The van der Waals surface area contributed by atoms with Gasteiger partial charge in [-0.05, 0) is 24.1 Å². The van der Waals surface area contributed by atoms with Crippen molar-refractivity contribution in [2.45, 2.75) is 37.3 Å². The largest absolute Gasteiger partial charge is 0.388 e. The number of hydrogen-bond acceptors (Lipinski definition) is 8. The molecule has 4 rings (SSSR count). The second kappa shape index (κ2) is 7.74. The Labute approximate surface area is 166 Å². The van der Waals surface area contributed by atoms with Crippen molar-refractivity contribution in [3.8, 4) is 0 Å². The number of aliphatic hydroxyl groups excluding tert-OH is 2. The lowest BCUT2D eigenvalue weighted by molar-refractivity contribution is 0.0143. The molecule has 152 valence electrons. The molecule has 10 heteroatoms. The molecule has 1 saturated carbocycles. The Balaban J connectivity index is 1.54. The summed E-state index contributed by atoms with van der Waals surface area (Å²) in [7, 11) is 1.74. The highest BCUT2D eigenvalue weighted by atomic mass is 16.3. The summed E-state index contributed by atoms with van der Waals surface area (Å²) in [5.74, 6) is 0.258. The van der Waals surface area contributed by atoms with Crippen LogP contribution in [0.3, 0.4) is 0 Å². The van der Waals surface area contributed by atoms with Crippen molar-refractivity contribution in [2.75, 3.05) is 12.4 Å². The topological polar surface area (TPSA) is 151 Å². The Morgan fingerprint density at radius 1 is 1.21 bits per heavy atom. The molecule has 3 aromatic rings. The molecular weight excluding hydrogens is 374 g/mol. The Kier molecular flexibility index (Phi) is 5.14. The molecule has 2 heterocycles. The zero-order valence-corrected chi connectivity index (χ0v) is 15.9. The van der Waals surface area contributed by atoms with E-state index < -0.39 is 24.3 Å². The average molecular weight is 397 g/mol. The Hall–Kier alpha value is -3.08. The van der Waals surface area contributed by atoms with Crippen LogP contribution in [0.25, 0.3) is 11.2 Å². The van der Waals surface area contributed by atoms with E-state index in [2.05, 4.69) is 25.6 Å². The number of rotatable bonds is 5. The molecule has 2 aromatic heterocycles. The molecule has 0 saturated heterocycles. The number of carbonyl (C=O) groups is 1. The first kappa shape index (κ1) is 19.2. The molecule has 0 spiro atoms. The fraction of sp³-hybridized carbons (Fsp3) is 0.368. The van der Waals surface area contributed by atoms with E-state index >= 15 is 0 Å². The van der Waals surface area contributed by atoms with Crippen molar-refractivity contribution in [1.82, 2.24) is 24.8 Å². The smallest absolute Gasteiger partial charge is 0.251 e. The van der Waals surface area contributed by atoms with Crippen molar-refractivity contribution in [3.63, 3.8) is 0 Å². The maximum absolute atomic E-state index is 12.6. The minimum Gasteiger partial charge on any atom is -0.388 e. The second-order valence-electron chi connectivity index (χ2n) is 7.06. The molecular formula is C19H23N7O3. The summed E-state index contributed by atoms with van der Waals surface area (Å²) in [6.07, 6.45) is 1.12. The normalized spacial score (nSPS) is 24.0. The van der Waals surface area contributed by atoms with Gasteiger partial charge in [0.1, 0.15) is 24.1 Å². The number of imidazole rings is 1. The predicted octanol–water partition coefficient (Wildman–Crippen LogP) is -0.208. The van der Waals surface area contributed by atoms with E-state index in [1.807, 2.05) is 0 Å². The van der Waals surface area contributed by atoms with E-state index in [-0.39, 0.29) is 5.91 Å². The number of anilines is 1. The van der Waals surface area contributed by atoms with Crippen LogP contribution >= 0.6 is 0 Å². The van der Waals surface area contributed by atoms with Crippen LogP contribution < -0.4 is 16.4 Å². The highest BCUT2D eigenvalue weighted by Gasteiger charge is 2.43. The quantitative estimate of drug-likeness (QED) is 0.397. The number of carbonyl (C=O) groups excluding carboxylic acids is 1. The van der Waals surface area contributed by atoms with Crippen LogP contribution in [-0.2, 0) is 6.54 Å². The zero-order chi connectivity index (χ0) is 20.5. The number of fused-ring (bicyclic) bond motifs is 1. The number of nitrogens with one attached hydrogen (secondary N) is 2. The predicted molar refractivity (Wildman–Crippen MR) is 106 cm³/mol. The first-order valence-electron chi connectivity index (χ1n) is 9.34. The van der Waals surface area contributed by atoms with Crippen molar-refractivity contribution < 1.29 is 15.0 Å². The highest BCUT2D eigenvalue weighted by Crippen LogP contribution is 2.33. The van der Waals surface area contributed by atoms with E-state index in [1.165, 1.54) is 6.33 Å². The molecule has 1 amide bonds. The monoisotopic (exact) mass is 397 g/mol. The molecule has 0 unspecified atom stereocenters. The van der Waals surface area contributed by atoms with Crippen LogP contribution in [0, 0.1) is 0 Å². The van der Waals surface area contributed by atoms with Crippen molar-refractivity contribution >= 4 is 22.9 Å². The third-order valence-electron chi connectivity index (χ3n) is 5.37. The number of nitrogens with two attached hydrogens (primary N) is 1. The van der Waals surface area contributed by atoms with E-state index in [0.717, 1.165) is 5.56 Å². The first-order valence-corrected chi connectivity index (χ1v) is 9.34. The lowest BCUT2D eigenvalue weighted by Crippen LogP contribution is -2.43. The van der Waals surface area contributed by atoms with Crippen molar-refractivity contribution in [1.29, 1.82) is 0 Å². The lowest BCUT2D eigenvalue weighted by atomic mass is 10.1. The number of nitrogens with zero attached hydrogens (tertiary/aromatic N) is 4. The second-order valence-corrected chi connectivity index (χ2v) is 7.06. The number of hydrogen-bond donors (Lipinski definition) is 5. The van der Waals surface area contributed by atoms with Gasteiger partial charge in [0, 0.05) is 19.2 Å². The Morgan fingerprint density at radius 2 is 1.97 bits per heavy atom. The van der Waals surface area contributed by atoms with Gasteiger partial charge in [0.05, 0.1) is 18.4 Å². The van der Waals surface area contributed by atoms with Gasteiger partial charge in [-0.25, -0.2) is 15.0 Å². The number of aliphatic hydroxyl groups is 2. The van der Waals surface area contributed by atoms with Crippen LogP contribution in [0.5, 0.6) is 0 Å². The summed E-state index contributed by atoms with van der Waals surface area (Å²) < 4.78 is 1.72. The fourth-order valence-corrected chi connectivity index (χ4v) is 3.75. The summed E-state index contributed by atoms with van der Waals surface area (Å²) in [4.78, 5) is 25.3. The summed E-state index contributed by atoms with van der Waals surface area (Å²) in [5, 5.41) is 26.9. The lowest BCUT2D eigenvalue weighted by Gasteiger charge is -2.18. The maximum Gasteiger partial charge on any atom is 0.251 e. The molecule has 1 aliphatic rings. The van der Waals surface area contributed by atoms with Crippen molar-refractivity contribution in [3.05, 3.63) is 48.0 Å². The van der Waals surface area contributed by atoms with E-state index in [4.69, 9.17) is 5.73 Å². The van der Waals surface area contributed by atoms with Crippen LogP contribution in [0.2, 0.25) is 0 Å². The molecule has 10 nitrogen and oxygen atoms in total. The van der Waals surface area contributed by atoms with E-state index in [1.54, 1.807) is 42.2 Å². The van der Waals surface area contributed by atoms with Gasteiger partial charge in [-0.2, -0.15) is 0 Å². The molecule has 0 aliphatic heterocycles. The standard InChI is InChI=1S/C19H23N7O3/c1-21-17-14-18(23-8-22-17)26(9-24-14)13-6-12(15(27)16(13)28)25-19(29)11-4-2-10(7-20)3-5-11/h2-5,8-9,12-13,15-16,27-28H,6-7,20H2,1H3,(H,25,29)(H,21,22,23)/t12-,13+,15-,16+/m1/s1.